The van der Waals surface area contributed by atoms with Gasteiger partial charge in [-0.25, -0.2) is 4.39 Å². The molecule has 0 aliphatic carbocycles. The highest BCUT2D eigenvalue weighted by Gasteiger charge is 2.21. The van der Waals surface area contributed by atoms with E-state index in [4.69, 9.17) is 4.74 Å². The first kappa shape index (κ1) is 12.9. The van der Waals surface area contributed by atoms with Crippen LogP contribution < -0.4 is 10.1 Å². The number of hydrogen-bond donors (Lipinski definition) is 3. The lowest BCUT2D eigenvalue weighted by Gasteiger charge is -2.18. The van der Waals surface area contributed by atoms with Crippen molar-refractivity contribution < 1.29 is 19.3 Å². The Balaban J connectivity index is 2.87. The van der Waals surface area contributed by atoms with E-state index in [9.17, 15) is 14.6 Å². The molecule has 3 N–H and O–H groups in total. The summed E-state index contributed by atoms with van der Waals surface area (Å²) in [5.41, 5.74) is 0.0588. The average molecular weight is 229 g/mol. The molecule has 0 bridgehead atoms. The van der Waals surface area contributed by atoms with Crippen LogP contribution >= 0.6 is 0 Å². The first-order valence-electron chi connectivity index (χ1n) is 4.94. The molecule has 1 aromatic rings. The van der Waals surface area contributed by atoms with Gasteiger partial charge in [0.05, 0.1) is 13.2 Å². The Hall–Kier alpha value is -1.17. The minimum atomic E-state index is -1.25. The number of rotatable bonds is 5. The second kappa shape index (κ2) is 5.79. The van der Waals surface area contributed by atoms with Gasteiger partial charge in [0.25, 0.3) is 0 Å². The molecule has 0 saturated carbocycles. The molecule has 16 heavy (non-hydrogen) atoms. The molecule has 0 saturated heterocycles. The van der Waals surface area contributed by atoms with Crippen molar-refractivity contribution >= 4 is 0 Å². The zero-order chi connectivity index (χ0) is 12.1. The molecule has 0 amide bonds. The maximum absolute atomic E-state index is 13.5. The fourth-order valence-corrected chi connectivity index (χ4v) is 1.40. The lowest BCUT2D eigenvalue weighted by atomic mass is 10.0. The molecule has 0 heterocycles. The van der Waals surface area contributed by atoms with Crippen LogP contribution in [-0.4, -0.2) is 37.0 Å². The summed E-state index contributed by atoms with van der Waals surface area (Å²) in [6, 6.07) is 4.11. The maximum Gasteiger partial charge on any atom is 0.132 e. The van der Waals surface area contributed by atoms with Crippen molar-refractivity contribution in [3.63, 3.8) is 0 Å². The Morgan fingerprint density at radius 3 is 2.62 bits per heavy atom. The molecule has 2 unspecified atom stereocenters. The SMILES string of the molecule is CNCC(O)C(O)c1ccc(OC)cc1F. The zero-order valence-corrected chi connectivity index (χ0v) is 9.27. The Morgan fingerprint density at radius 2 is 2.12 bits per heavy atom. The monoisotopic (exact) mass is 229 g/mol. The Labute approximate surface area is 93.7 Å². The van der Waals surface area contributed by atoms with Crippen LogP contribution in [0.15, 0.2) is 18.2 Å². The van der Waals surface area contributed by atoms with E-state index < -0.39 is 18.0 Å². The highest BCUT2D eigenvalue weighted by Crippen LogP contribution is 2.23. The minimum absolute atomic E-state index is 0.0588. The van der Waals surface area contributed by atoms with Crippen molar-refractivity contribution in [1.82, 2.24) is 5.32 Å². The van der Waals surface area contributed by atoms with Gasteiger partial charge in [-0.1, -0.05) is 0 Å². The van der Waals surface area contributed by atoms with Gasteiger partial charge in [-0.3, -0.25) is 0 Å². The van der Waals surface area contributed by atoms with Crippen LogP contribution in [-0.2, 0) is 0 Å². The van der Waals surface area contributed by atoms with Gasteiger partial charge in [0.1, 0.15) is 17.7 Å². The average Bonchev–Trinajstić information content (AvgIpc) is 2.28. The van der Waals surface area contributed by atoms with Gasteiger partial charge >= 0.3 is 0 Å². The third-order valence-corrected chi connectivity index (χ3v) is 2.30. The third-order valence-electron chi connectivity index (χ3n) is 2.30. The van der Waals surface area contributed by atoms with E-state index in [1.807, 2.05) is 0 Å². The van der Waals surface area contributed by atoms with E-state index in [0.717, 1.165) is 0 Å². The molecule has 1 aromatic carbocycles. The summed E-state index contributed by atoms with van der Waals surface area (Å²) in [6.07, 6.45) is -2.30. The van der Waals surface area contributed by atoms with Crippen molar-refractivity contribution in [3.05, 3.63) is 29.6 Å². The topological polar surface area (TPSA) is 61.7 Å². The zero-order valence-electron chi connectivity index (χ0n) is 9.27. The largest absolute Gasteiger partial charge is 0.497 e. The van der Waals surface area contributed by atoms with Gasteiger partial charge in [0.2, 0.25) is 0 Å². The quantitative estimate of drug-likeness (QED) is 0.686. The second-order valence-electron chi connectivity index (χ2n) is 3.46. The molecule has 0 aliphatic heterocycles. The number of methoxy groups -OCH3 is 1. The molecule has 0 aromatic heterocycles. The highest BCUT2D eigenvalue weighted by molar-refractivity contribution is 5.30. The summed E-state index contributed by atoms with van der Waals surface area (Å²) in [4.78, 5) is 0. The number of ether oxygens (including phenoxy) is 1. The predicted molar refractivity (Wildman–Crippen MR) is 57.8 cm³/mol. The molecular weight excluding hydrogens is 213 g/mol. The van der Waals surface area contributed by atoms with E-state index in [-0.39, 0.29) is 12.1 Å². The molecule has 0 aliphatic rings. The van der Waals surface area contributed by atoms with Crippen LogP contribution in [0.25, 0.3) is 0 Å². The highest BCUT2D eigenvalue weighted by atomic mass is 19.1. The smallest absolute Gasteiger partial charge is 0.132 e. The number of hydrogen-bond acceptors (Lipinski definition) is 4. The van der Waals surface area contributed by atoms with Gasteiger partial charge < -0.3 is 20.3 Å². The summed E-state index contributed by atoms with van der Waals surface area (Å²) >= 11 is 0. The van der Waals surface area contributed by atoms with Crippen LogP contribution in [0.5, 0.6) is 5.75 Å². The number of benzene rings is 1. The van der Waals surface area contributed by atoms with E-state index in [1.165, 1.54) is 25.3 Å². The van der Waals surface area contributed by atoms with E-state index in [1.54, 1.807) is 7.05 Å². The number of aliphatic hydroxyl groups excluding tert-OH is 2. The molecule has 0 fully saturated rings. The number of nitrogens with one attached hydrogen (secondary N) is 1. The Morgan fingerprint density at radius 1 is 1.44 bits per heavy atom. The molecule has 1 rings (SSSR count). The van der Waals surface area contributed by atoms with Gasteiger partial charge in [0, 0.05) is 18.2 Å². The molecular formula is C11H16FNO3. The first-order valence-corrected chi connectivity index (χ1v) is 4.94. The Kier molecular flexibility index (Phi) is 4.67. The van der Waals surface area contributed by atoms with Crippen molar-refractivity contribution in [2.75, 3.05) is 20.7 Å². The molecule has 2 atom stereocenters. The molecule has 90 valence electrons. The minimum Gasteiger partial charge on any atom is -0.497 e. The van der Waals surface area contributed by atoms with Crippen LogP contribution in [0.3, 0.4) is 0 Å². The van der Waals surface area contributed by atoms with Crippen molar-refractivity contribution in [2.24, 2.45) is 0 Å². The molecule has 4 nitrogen and oxygen atoms in total. The molecule has 0 radical (unpaired) electrons. The fraction of sp³-hybridized carbons (Fsp3) is 0.455. The number of likely N-dealkylation sites (N-methyl/N-ethyl adjacent to an activating group) is 1. The summed E-state index contributed by atoms with van der Waals surface area (Å²) in [7, 11) is 3.07. The second-order valence-corrected chi connectivity index (χ2v) is 3.46. The van der Waals surface area contributed by atoms with Gasteiger partial charge in [-0.2, -0.15) is 0 Å². The Bertz CT molecular complexity index is 346. The maximum atomic E-state index is 13.5. The molecule has 5 heteroatoms. The number of aliphatic hydroxyl groups is 2. The van der Waals surface area contributed by atoms with Crippen LogP contribution in [0.4, 0.5) is 4.39 Å². The predicted octanol–water partition coefficient (Wildman–Crippen LogP) is 0.448. The van der Waals surface area contributed by atoms with Gasteiger partial charge in [-0.05, 0) is 19.2 Å². The standard InChI is InChI=1S/C11H16FNO3/c1-13-6-10(14)11(15)8-4-3-7(16-2)5-9(8)12/h3-5,10-11,13-15H,6H2,1-2H3. The fourth-order valence-electron chi connectivity index (χ4n) is 1.40. The third kappa shape index (κ3) is 2.91. The van der Waals surface area contributed by atoms with Crippen LogP contribution in [0, 0.1) is 5.82 Å². The van der Waals surface area contributed by atoms with Crippen molar-refractivity contribution in [1.29, 1.82) is 0 Å². The summed E-state index contributed by atoms with van der Waals surface area (Å²) in [5.74, 6) is -0.224. The summed E-state index contributed by atoms with van der Waals surface area (Å²) in [6.45, 7) is 0.187. The first-order chi connectivity index (χ1) is 7.60. The van der Waals surface area contributed by atoms with E-state index >= 15 is 0 Å². The van der Waals surface area contributed by atoms with Gasteiger partial charge in [-0.15, -0.1) is 0 Å². The van der Waals surface area contributed by atoms with Crippen molar-refractivity contribution in [2.45, 2.75) is 12.2 Å². The summed E-state index contributed by atoms with van der Waals surface area (Å²) < 4.78 is 18.4. The lowest BCUT2D eigenvalue weighted by molar-refractivity contribution is 0.0181. The van der Waals surface area contributed by atoms with Gasteiger partial charge in [0.15, 0.2) is 0 Å². The molecule has 0 spiro atoms. The summed E-state index contributed by atoms with van der Waals surface area (Å²) in [5, 5.41) is 21.9. The van der Waals surface area contributed by atoms with Crippen LogP contribution in [0.2, 0.25) is 0 Å². The van der Waals surface area contributed by atoms with Crippen LogP contribution in [0.1, 0.15) is 11.7 Å². The number of halogens is 1. The lowest BCUT2D eigenvalue weighted by Crippen LogP contribution is -2.30. The van der Waals surface area contributed by atoms with E-state index in [0.29, 0.717) is 5.75 Å². The van der Waals surface area contributed by atoms with Crippen molar-refractivity contribution in [3.8, 4) is 5.75 Å². The normalized spacial score (nSPS) is 14.6. The van der Waals surface area contributed by atoms with E-state index in [2.05, 4.69) is 5.32 Å².